The number of nitrogens with zero attached hydrogens (tertiary/aromatic N) is 1. The van der Waals surface area contributed by atoms with Gasteiger partial charge in [-0.2, -0.15) is 0 Å². The van der Waals surface area contributed by atoms with E-state index >= 15 is 0 Å². The molecule has 1 saturated heterocycles. The summed E-state index contributed by atoms with van der Waals surface area (Å²) in [5.74, 6) is 0.779. The van der Waals surface area contributed by atoms with Crippen molar-refractivity contribution in [3.05, 3.63) is 41.4 Å². The van der Waals surface area contributed by atoms with Gasteiger partial charge in [-0.05, 0) is 67.2 Å². The highest BCUT2D eigenvalue weighted by Gasteiger charge is 2.42. The van der Waals surface area contributed by atoms with Crippen LogP contribution in [-0.2, 0) is 0 Å². The molecule has 3 nitrogen and oxygen atoms in total. The predicted octanol–water partition coefficient (Wildman–Crippen LogP) is 4.15. The minimum Gasteiger partial charge on any atom is -0.489 e. The summed E-state index contributed by atoms with van der Waals surface area (Å²) in [6.07, 6.45) is 5.24. The molecule has 1 aromatic carbocycles. The van der Waals surface area contributed by atoms with Crippen LogP contribution in [0.25, 0.3) is 0 Å². The Bertz CT molecular complexity index is 510. The minimum atomic E-state index is -0.481. The third kappa shape index (κ3) is 4.37. The molecule has 1 aromatic rings. The number of hydrogen-bond acceptors (Lipinski definition) is 2. The summed E-state index contributed by atoms with van der Waals surface area (Å²) in [5.41, 5.74) is 0. The molecule has 0 spiro atoms. The number of likely N-dealkylation sites (tertiary alicyclic amines) is 1. The zero-order valence-corrected chi connectivity index (χ0v) is 15.8. The number of benzene rings is 1. The summed E-state index contributed by atoms with van der Waals surface area (Å²) in [4.78, 5) is 0. The molecule has 23 heavy (non-hydrogen) atoms. The van der Waals surface area contributed by atoms with Crippen LogP contribution >= 0.6 is 15.9 Å². The number of aliphatic hydroxyl groups is 1. The molecule has 1 aliphatic rings. The molecule has 1 N–H and O–H groups in total. The van der Waals surface area contributed by atoms with E-state index in [-0.39, 0.29) is 0 Å². The van der Waals surface area contributed by atoms with Crippen LogP contribution in [-0.4, -0.2) is 47.5 Å². The molecule has 3 unspecified atom stereocenters. The standard InChI is InChI=1S/C19H29BrNO2/c1-4-12-21(15(2)8-7-9-16(21)3)13-17(22)14-23-19-11-6-5-10-18(19)20/h4-6,10-11,15-17,22H,1,7-9,12-14H2,2-3H3/q+1. The first-order chi connectivity index (χ1) is 11.0. The highest BCUT2D eigenvalue weighted by atomic mass is 79.9. The Labute approximate surface area is 148 Å². The highest BCUT2D eigenvalue weighted by Crippen LogP contribution is 2.32. The molecule has 0 aliphatic carbocycles. The average Bonchev–Trinajstić information content (AvgIpc) is 2.52. The molecule has 0 saturated carbocycles. The van der Waals surface area contributed by atoms with Gasteiger partial charge in [-0.15, -0.1) is 0 Å². The van der Waals surface area contributed by atoms with Gasteiger partial charge in [0.2, 0.25) is 0 Å². The predicted molar refractivity (Wildman–Crippen MR) is 98.6 cm³/mol. The third-order valence-electron chi connectivity index (χ3n) is 5.29. The van der Waals surface area contributed by atoms with Crippen molar-refractivity contribution >= 4 is 15.9 Å². The van der Waals surface area contributed by atoms with Gasteiger partial charge < -0.3 is 14.3 Å². The van der Waals surface area contributed by atoms with E-state index in [2.05, 4.69) is 36.4 Å². The Morgan fingerprint density at radius 3 is 2.61 bits per heavy atom. The first-order valence-corrected chi connectivity index (χ1v) is 9.31. The van der Waals surface area contributed by atoms with Crippen molar-refractivity contribution in [3.63, 3.8) is 0 Å². The fraction of sp³-hybridized carbons (Fsp3) is 0.579. The summed E-state index contributed by atoms with van der Waals surface area (Å²) >= 11 is 3.48. The number of hydrogen-bond donors (Lipinski definition) is 1. The fourth-order valence-electron chi connectivity index (χ4n) is 3.88. The van der Waals surface area contributed by atoms with Crippen molar-refractivity contribution in [2.45, 2.75) is 51.3 Å². The van der Waals surface area contributed by atoms with Crippen molar-refractivity contribution in [2.75, 3.05) is 19.7 Å². The molecule has 1 heterocycles. The van der Waals surface area contributed by atoms with E-state index in [4.69, 9.17) is 4.74 Å². The lowest BCUT2D eigenvalue weighted by Gasteiger charge is -2.51. The van der Waals surface area contributed by atoms with E-state index in [1.54, 1.807) is 0 Å². The van der Waals surface area contributed by atoms with Crippen molar-refractivity contribution in [3.8, 4) is 5.75 Å². The van der Waals surface area contributed by atoms with Gasteiger partial charge in [0, 0.05) is 0 Å². The number of piperidine rings is 1. The van der Waals surface area contributed by atoms with E-state index in [0.29, 0.717) is 18.7 Å². The normalized spacial score (nSPS) is 29.0. The van der Waals surface area contributed by atoms with E-state index in [9.17, 15) is 5.11 Å². The molecule has 3 atom stereocenters. The molecule has 2 rings (SSSR count). The Morgan fingerprint density at radius 1 is 1.35 bits per heavy atom. The van der Waals surface area contributed by atoms with Gasteiger partial charge in [0.15, 0.2) is 0 Å². The van der Waals surface area contributed by atoms with Crippen molar-refractivity contribution in [1.29, 1.82) is 0 Å². The minimum absolute atomic E-state index is 0.319. The summed E-state index contributed by atoms with van der Waals surface area (Å²) in [5, 5.41) is 10.6. The SMILES string of the molecule is C=CC[N+]1(CC(O)COc2ccccc2Br)C(C)CCCC1C. The quantitative estimate of drug-likeness (QED) is 0.566. The molecule has 4 heteroatoms. The topological polar surface area (TPSA) is 29.5 Å². The summed E-state index contributed by atoms with van der Waals surface area (Å²) in [7, 11) is 0. The average molecular weight is 383 g/mol. The molecular weight excluding hydrogens is 354 g/mol. The fourth-order valence-corrected chi connectivity index (χ4v) is 4.28. The second-order valence-corrected chi connectivity index (χ2v) is 7.64. The third-order valence-corrected chi connectivity index (χ3v) is 5.94. The van der Waals surface area contributed by atoms with Gasteiger partial charge in [0.05, 0.1) is 23.1 Å². The number of rotatable bonds is 7. The van der Waals surface area contributed by atoms with Crippen molar-refractivity contribution in [1.82, 2.24) is 0 Å². The maximum atomic E-state index is 10.6. The van der Waals surface area contributed by atoms with Crippen LogP contribution in [0.3, 0.4) is 0 Å². The Kier molecular flexibility index (Phi) is 6.69. The van der Waals surface area contributed by atoms with Crippen LogP contribution in [0.5, 0.6) is 5.75 Å². The van der Waals surface area contributed by atoms with Gasteiger partial charge in [-0.3, -0.25) is 0 Å². The molecule has 0 radical (unpaired) electrons. The molecular formula is C19H29BrNO2+. The zero-order valence-electron chi connectivity index (χ0n) is 14.2. The van der Waals surface area contributed by atoms with Crippen LogP contribution in [0.4, 0.5) is 0 Å². The van der Waals surface area contributed by atoms with Gasteiger partial charge in [-0.25, -0.2) is 0 Å². The van der Waals surface area contributed by atoms with Crippen molar-refractivity contribution in [2.24, 2.45) is 0 Å². The van der Waals surface area contributed by atoms with Gasteiger partial charge in [0.1, 0.15) is 25.0 Å². The maximum Gasteiger partial charge on any atom is 0.137 e. The summed E-state index contributed by atoms with van der Waals surface area (Å²) in [6.45, 7) is 10.5. The largest absolute Gasteiger partial charge is 0.489 e. The summed E-state index contributed by atoms with van der Waals surface area (Å²) < 4.78 is 7.64. The van der Waals surface area contributed by atoms with E-state index in [0.717, 1.165) is 27.8 Å². The van der Waals surface area contributed by atoms with Gasteiger partial charge in [0.25, 0.3) is 0 Å². The lowest BCUT2D eigenvalue weighted by atomic mass is 9.92. The van der Waals surface area contributed by atoms with Crippen LogP contribution in [0, 0.1) is 0 Å². The molecule has 128 valence electrons. The van der Waals surface area contributed by atoms with Crippen LogP contribution < -0.4 is 4.74 Å². The van der Waals surface area contributed by atoms with Gasteiger partial charge >= 0.3 is 0 Å². The van der Waals surface area contributed by atoms with Crippen molar-refractivity contribution < 1.29 is 14.3 Å². The number of quaternary nitrogens is 1. The Hall–Kier alpha value is -0.840. The molecule has 0 aromatic heterocycles. The van der Waals surface area contributed by atoms with Crippen LogP contribution in [0.2, 0.25) is 0 Å². The number of aliphatic hydroxyl groups excluding tert-OH is 1. The smallest absolute Gasteiger partial charge is 0.137 e. The van der Waals surface area contributed by atoms with Crippen LogP contribution in [0.1, 0.15) is 33.1 Å². The highest BCUT2D eigenvalue weighted by molar-refractivity contribution is 9.10. The lowest BCUT2D eigenvalue weighted by molar-refractivity contribution is -0.972. The Morgan fingerprint density at radius 2 is 2.00 bits per heavy atom. The van der Waals surface area contributed by atoms with Gasteiger partial charge in [-0.1, -0.05) is 18.7 Å². The Balaban J connectivity index is 2.02. The first-order valence-electron chi connectivity index (χ1n) is 8.52. The monoisotopic (exact) mass is 382 g/mol. The molecule has 0 bridgehead atoms. The second kappa shape index (κ2) is 8.32. The number of halogens is 1. The lowest BCUT2D eigenvalue weighted by Crippen LogP contribution is -2.64. The number of para-hydroxylation sites is 1. The van der Waals surface area contributed by atoms with E-state index < -0.39 is 6.10 Å². The van der Waals surface area contributed by atoms with Crippen LogP contribution in [0.15, 0.2) is 41.4 Å². The summed E-state index contributed by atoms with van der Waals surface area (Å²) in [6, 6.07) is 8.85. The first kappa shape index (κ1) is 18.5. The second-order valence-electron chi connectivity index (χ2n) is 6.78. The maximum absolute atomic E-state index is 10.6. The molecule has 0 amide bonds. The number of ether oxygens (including phenoxy) is 1. The van der Waals surface area contributed by atoms with E-state index in [1.165, 1.54) is 19.3 Å². The molecule has 1 fully saturated rings. The zero-order chi connectivity index (χ0) is 16.9. The molecule has 1 aliphatic heterocycles. The van der Waals surface area contributed by atoms with E-state index in [1.807, 2.05) is 30.3 Å².